The highest BCUT2D eigenvalue weighted by Crippen LogP contribution is 2.25. The molecule has 1 aliphatic rings. The second kappa shape index (κ2) is 4.71. The Kier molecular flexibility index (Phi) is 3.28. The number of anilines is 1. The Morgan fingerprint density at radius 2 is 2.35 bits per heavy atom. The minimum atomic E-state index is -1.12. The van der Waals surface area contributed by atoms with Crippen LogP contribution in [0.4, 0.5) is 10.1 Å². The molecule has 1 aromatic rings. The van der Waals surface area contributed by atoms with Gasteiger partial charge in [0.2, 0.25) is 0 Å². The van der Waals surface area contributed by atoms with Crippen LogP contribution < -0.4 is 4.90 Å². The molecule has 0 aliphatic carbocycles. The van der Waals surface area contributed by atoms with Crippen LogP contribution in [0.1, 0.15) is 16.8 Å². The number of nitrogens with zero attached hydrogens (tertiary/aromatic N) is 1. The highest BCUT2D eigenvalue weighted by Gasteiger charge is 2.24. The molecule has 2 rings (SSSR count). The topological polar surface area (TPSA) is 49.8 Å². The van der Waals surface area contributed by atoms with Gasteiger partial charge in [0.1, 0.15) is 5.82 Å². The molecule has 17 heavy (non-hydrogen) atoms. The molecule has 1 heterocycles. The third-order valence-electron chi connectivity index (χ3n) is 3.02. The molecule has 1 aromatic carbocycles. The minimum absolute atomic E-state index is 0.0144. The van der Waals surface area contributed by atoms with Crippen molar-refractivity contribution in [2.75, 3.05) is 25.2 Å². The third-order valence-corrected chi connectivity index (χ3v) is 3.02. The second-order valence-electron chi connectivity index (χ2n) is 4.09. The van der Waals surface area contributed by atoms with Crippen LogP contribution in [-0.2, 0) is 4.74 Å². The number of carboxylic acid groups (broad SMARTS) is 1. The van der Waals surface area contributed by atoms with Crippen LogP contribution in [0.25, 0.3) is 0 Å². The molecule has 0 amide bonds. The van der Waals surface area contributed by atoms with Crippen molar-refractivity contribution in [3.63, 3.8) is 0 Å². The van der Waals surface area contributed by atoms with Crippen LogP contribution in [-0.4, -0.2) is 37.4 Å². The highest BCUT2D eigenvalue weighted by atomic mass is 19.1. The molecule has 0 saturated carbocycles. The monoisotopic (exact) mass is 239 g/mol. The number of aromatic carboxylic acids is 1. The molecule has 92 valence electrons. The molecule has 5 heteroatoms. The van der Waals surface area contributed by atoms with Crippen molar-refractivity contribution in [3.05, 3.63) is 29.6 Å². The van der Waals surface area contributed by atoms with E-state index in [2.05, 4.69) is 0 Å². The highest BCUT2D eigenvalue weighted by molar-refractivity contribution is 5.94. The van der Waals surface area contributed by atoms with Gasteiger partial charge in [-0.3, -0.25) is 0 Å². The van der Waals surface area contributed by atoms with Crippen molar-refractivity contribution in [1.82, 2.24) is 0 Å². The van der Waals surface area contributed by atoms with Gasteiger partial charge in [0, 0.05) is 13.7 Å². The number of hydrogen-bond acceptors (Lipinski definition) is 3. The second-order valence-corrected chi connectivity index (χ2v) is 4.09. The van der Waals surface area contributed by atoms with Crippen LogP contribution in [0, 0.1) is 5.82 Å². The zero-order valence-electron chi connectivity index (χ0n) is 9.52. The fraction of sp³-hybridized carbons (Fsp3) is 0.417. The molecule has 0 bridgehead atoms. The largest absolute Gasteiger partial charge is 0.478 e. The summed E-state index contributed by atoms with van der Waals surface area (Å²) < 4.78 is 18.3. The van der Waals surface area contributed by atoms with Gasteiger partial charge in [0.15, 0.2) is 0 Å². The lowest BCUT2D eigenvalue weighted by Gasteiger charge is -2.26. The molecule has 0 spiro atoms. The minimum Gasteiger partial charge on any atom is -0.478 e. The molecule has 1 atom stereocenters. The molecule has 1 aliphatic heterocycles. The van der Waals surface area contributed by atoms with Gasteiger partial charge in [-0.05, 0) is 24.6 Å². The zero-order valence-corrected chi connectivity index (χ0v) is 9.52. The Morgan fingerprint density at radius 3 is 2.94 bits per heavy atom. The number of halogens is 1. The number of carboxylic acids is 1. The first-order valence-electron chi connectivity index (χ1n) is 5.43. The van der Waals surface area contributed by atoms with E-state index >= 15 is 0 Å². The van der Waals surface area contributed by atoms with E-state index in [-0.39, 0.29) is 11.6 Å². The summed E-state index contributed by atoms with van der Waals surface area (Å²) in [6, 6.07) is 3.97. The number of hydrogen-bond donors (Lipinski definition) is 1. The van der Waals surface area contributed by atoms with Gasteiger partial charge >= 0.3 is 5.97 Å². The molecule has 1 fully saturated rings. The number of ether oxygens (including phenoxy) is 1. The van der Waals surface area contributed by atoms with Crippen molar-refractivity contribution >= 4 is 11.7 Å². The summed E-state index contributed by atoms with van der Waals surface area (Å²) in [6.07, 6.45) is 0.854. The summed E-state index contributed by atoms with van der Waals surface area (Å²) in [5.41, 5.74) is 0.508. The van der Waals surface area contributed by atoms with Crippen LogP contribution in [0.3, 0.4) is 0 Å². The van der Waals surface area contributed by atoms with Crippen molar-refractivity contribution in [2.24, 2.45) is 0 Å². The van der Waals surface area contributed by atoms with Gasteiger partial charge in [0.25, 0.3) is 0 Å². The van der Waals surface area contributed by atoms with Crippen molar-refractivity contribution in [3.8, 4) is 0 Å². The van der Waals surface area contributed by atoms with E-state index in [1.165, 1.54) is 12.1 Å². The Labute approximate surface area is 98.6 Å². The molecule has 1 saturated heterocycles. The van der Waals surface area contributed by atoms with Gasteiger partial charge in [0.05, 0.1) is 23.9 Å². The number of carbonyl (C=O) groups is 1. The molecule has 0 radical (unpaired) electrons. The Bertz CT molecular complexity index is 430. The van der Waals surface area contributed by atoms with E-state index in [1.807, 2.05) is 4.90 Å². The standard InChI is InChI=1S/C12H14FNO3/c1-14(9-4-5-17-7-9)11-3-2-8(13)6-10(11)12(15)16/h2-3,6,9H,4-5,7H2,1H3,(H,15,16). The fourth-order valence-electron chi connectivity index (χ4n) is 2.01. The van der Waals surface area contributed by atoms with Gasteiger partial charge in [-0.15, -0.1) is 0 Å². The lowest BCUT2D eigenvalue weighted by molar-refractivity contribution is 0.0697. The van der Waals surface area contributed by atoms with E-state index in [0.29, 0.717) is 18.9 Å². The predicted octanol–water partition coefficient (Wildman–Crippen LogP) is 1.75. The number of likely N-dealkylation sites (N-methyl/N-ethyl adjacent to an activating group) is 1. The Hall–Kier alpha value is -1.62. The summed E-state index contributed by atoms with van der Waals surface area (Å²) in [5, 5.41) is 9.06. The van der Waals surface area contributed by atoms with E-state index in [9.17, 15) is 9.18 Å². The quantitative estimate of drug-likeness (QED) is 0.873. The Morgan fingerprint density at radius 1 is 1.59 bits per heavy atom. The number of rotatable bonds is 3. The lowest BCUT2D eigenvalue weighted by atomic mass is 10.1. The smallest absolute Gasteiger partial charge is 0.337 e. The SMILES string of the molecule is CN(c1ccc(F)cc1C(=O)O)C1CCOC1. The summed E-state index contributed by atoms with van der Waals surface area (Å²) in [5.74, 6) is -1.66. The molecule has 1 unspecified atom stereocenters. The summed E-state index contributed by atoms with van der Waals surface area (Å²) in [4.78, 5) is 12.9. The maximum absolute atomic E-state index is 13.0. The molecule has 4 nitrogen and oxygen atoms in total. The van der Waals surface area contributed by atoms with Crippen LogP contribution in [0.15, 0.2) is 18.2 Å². The molecular formula is C12H14FNO3. The maximum atomic E-state index is 13.0. The molecule has 1 N–H and O–H groups in total. The van der Waals surface area contributed by atoms with E-state index in [4.69, 9.17) is 9.84 Å². The van der Waals surface area contributed by atoms with E-state index in [0.717, 1.165) is 12.5 Å². The van der Waals surface area contributed by atoms with Gasteiger partial charge in [-0.25, -0.2) is 9.18 Å². The first kappa shape index (κ1) is 11.9. The van der Waals surface area contributed by atoms with Crippen LogP contribution >= 0.6 is 0 Å². The summed E-state index contributed by atoms with van der Waals surface area (Å²) in [7, 11) is 1.80. The zero-order chi connectivity index (χ0) is 12.4. The maximum Gasteiger partial charge on any atom is 0.337 e. The van der Waals surface area contributed by atoms with E-state index in [1.54, 1.807) is 7.05 Å². The first-order valence-corrected chi connectivity index (χ1v) is 5.43. The lowest BCUT2D eigenvalue weighted by Crippen LogP contribution is -2.33. The first-order chi connectivity index (χ1) is 8.09. The van der Waals surface area contributed by atoms with Crippen molar-refractivity contribution in [1.29, 1.82) is 0 Å². The van der Waals surface area contributed by atoms with Gasteiger partial charge in [-0.2, -0.15) is 0 Å². The normalized spacial score (nSPS) is 19.3. The van der Waals surface area contributed by atoms with Gasteiger partial charge in [-0.1, -0.05) is 0 Å². The van der Waals surface area contributed by atoms with Gasteiger partial charge < -0.3 is 14.7 Å². The number of benzene rings is 1. The summed E-state index contributed by atoms with van der Waals surface area (Å²) in [6.45, 7) is 1.26. The average Bonchev–Trinajstić information content (AvgIpc) is 2.81. The fourth-order valence-corrected chi connectivity index (χ4v) is 2.01. The Balaban J connectivity index is 2.33. The summed E-state index contributed by atoms with van der Waals surface area (Å²) >= 11 is 0. The average molecular weight is 239 g/mol. The van der Waals surface area contributed by atoms with Crippen LogP contribution in [0.5, 0.6) is 0 Å². The van der Waals surface area contributed by atoms with Crippen molar-refractivity contribution in [2.45, 2.75) is 12.5 Å². The molecular weight excluding hydrogens is 225 g/mol. The van der Waals surface area contributed by atoms with E-state index < -0.39 is 11.8 Å². The third kappa shape index (κ3) is 2.39. The van der Waals surface area contributed by atoms with Crippen molar-refractivity contribution < 1.29 is 19.0 Å². The van der Waals surface area contributed by atoms with Crippen LogP contribution in [0.2, 0.25) is 0 Å². The molecule has 0 aromatic heterocycles. The predicted molar refractivity (Wildman–Crippen MR) is 61.0 cm³/mol.